The van der Waals surface area contributed by atoms with E-state index >= 15 is 0 Å². The number of amides is 1. The molecule has 0 saturated heterocycles. The number of benzene rings is 2. The summed E-state index contributed by atoms with van der Waals surface area (Å²) in [6, 6.07) is 13.5. The maximum absolute atomic E-state index is 11.4. The molecule has 0 fully saturated rings. The van der Waals surface area contributed by atoms with Gasteiger partial charge in [0.25, 0.3) is 0 Å². The first kappa shape index (κ1) is 13.5. The summed E-state index contributed by atoms with van der Waals surface area (Å²) >= 11 is 0. The van der Waals surface area contributed by atoms with Crippen molar-refractivity contribution in [3.05, 3.63) is 48.0 Å². The monoisotopic (exact) mass is 258 g/mol. The molecule has 0 aliphatic heterocycles. The third-order valence-electron chi connectivity index (χ3n) is 3.11. The third kappa shape index (κ3) is 3.30. The van der Waals surface area contributed by atoms with Crippen molar-refractivity contribution < 1.29 is 9.90 Å². The Morgan fingerprint density at radius 1 is 1.21 bits per heavy atom. The van der Waals surface area contributed by atoms with Crippen LogP contribution in [0.4, 0.5) is 0 Å². The Kier molecular flexibility index (Phi) is 4.49. The molecule has 2 rings (SSSR count). The predicted octanol–water partition coefficient (Wildman–Crippen LogP) is 0.818. The van der Waals surface area contributed by atoms with E-state index in [0.29, 0.717) is 6.54 Å². The molecule has 1 atom stereocenters. The summed E-state index contributed by atoms with van der Waals surface area (Å²) in [6.07, 6.45) is 0.741. The SMILES string of the molecule is NC(CO)C(=O)NCCc1cccc2ccccc12. The lowest BCUT2D eigenvalue weighted by molar-refractivity contribution is -0.123. The van der Waals surface area contributed by atoms with E-state index in [9.17, 15) is 4.79 Å². The summed E-state index contributed by atoms with van der Waals surface area (Å²) in [7, 11) is 0. The summed E-state index contributed by atoms with van der Waals surface area (Å²) in [4.78, 5) is 11.4. The first-order chi connectivity index (χ1) is 9.22. The van der Waals surface area contributed by atoms with E-state index in [4.69, 9.17) is 10.8 Å². The fourth-order valence-corrected chi connectivity index (χ4v) is 2.04. The number of carbonyl (C=O) groups is 1. The Morgan fingerprint density at radius 2 is 1.95 bits per heavy atom. The standard InChI is InChI=1S/C15H18N2O2/c16-14(10-18)15(19)17-9-8-12-6-3-5-11-4-1-2-7-13(11)12/h1-7,14,18H,8-10,16H2,(H,17,19). The largest absolute Gasteiger partial charge is 0.394 e. The van der Waals surface area contributed by atoms with Gasteiger partial charge in [-0.3, -0.25) is 4.79 Å². The van der Waals surface area contributed by atoms with Crippen LogP contribution in [0.1, 0.15) is 5.56 Å². The number of carbonyl (C=O) groups excluding carboxylic acids is 1. The van der Waals surface area contributed by atoms with Gasteiger partial charge in [0.15, 0.2) is 0 Å². The highest BCUT2D eigenvalue weighted by atomic mass is 16.3. The first-order valence-corrected chi connectivity index (χ1v) is 6.33. The van der Waals surface area contributed by atoms with Crippen molar-refractivity contribution in [2.75, 3.05) is 13.2 Å². The highest BCUT2D eigenvalue weighted by molar-refractivity contribution is 5.86. The van der Waals surface area contributed by atoms with Crippen LogP contribution in [0.2, 0.25) is 0 Å². The van der Waals surface area contributed by atoms with Gasteiger partial charge in [-0.1, -0.05) is 42.5 Å². The summed E-state index contributed by atoms with van der Waals surface area (Å²) in [5.74, 6) is -0.317. The molecule has 0 bridgehead atoms. The van der Waals surface area contributed by atoms with Crippen LogP contribution in [0.5, 0.6) is 0 Å². The zero-order chi connectivity index (χ0) is 13.7. The van der Waals surface area contributed by atoms with Gasteiger partial charge in [-0.05, 0) is 22.8 Å². The van der Waals surface area contributed by atoms with Gasteiger partial charge < -0.3 is 16.2 Å². The lowest BCUT2D eigenvalue weighted by atomic mass is 10.0. The van der Waals surface area contributed by atoms with Crippen molar-refractivity contribution in [2.45, 2.75) is 12.5 Å². The second kappa shape index (κ2) is 6.31. The molecule has 2 aromatic rings. The van der Waals surface area contributed by atoms with Crippen molar-refractivity contribution in [1.82, 2.24) is 5.32 Å². The predicted molar refractivity (Wildman–Crippen MR) is 75.7 cm³/mol. The highest BCUT2D eigenvalue weighted by Gasteiger charge is 2.10. The molecule has 4 nitrogen and oxygen atoms in total. The van der Waals surface area contributed by atoms with E-state index in [0.717, 1.165) is 6.42 Å². The maximum Gasteiger partial charge on any atom is 0.239 e. The van der Waals surface area contributed by atoms with Crippen LogP contribution in [0.25, 0.3) is 10.8 Å². The lowest BCUT2D eigenvalue weighted by Crippen LogP contribution is -2.43. The average Bonchev–Trinajstić information content (AvgIpc) is 2.46. The zero-order valence-corrected chi connectivity index (χ0v) is 10.7. The van der Waals surface area contributed by atoms with Crippen LogP contribution < -0.4 is 11.1 Å². The minimum absolute atomic E-state index is 0.317. The molecule has 100 valence electrons. The molecule has 0 saturated carbocycles. The quantitative estimate of drug-likeness (QED) is 0.743. The molecule has 0 aromatic heterocycles. The van der Waals surface area contributed by atoms with Crippen molar-refractivity contribution in [1.29, 1.82) is 0 Å². The van der Waals surface area contributed by atoms with E-state index < -0.39 is 6.04 Å². The fraction of sp³-hybridized carbons (Fsp3) is 0.267. The van der Waals surface area contributed by atoms with Crippen LogP contribution >= 0.6 is 0 Å². The Balaban J connectivity index is 2.01. The Labute approximate surface area is 112 Å². The van der Waals surface area contributed by atoms with Crippen molar-refractivity contribution in [3.8, 4) is 0 Å². The molecular formula is C15H18N2O2. The van der Waals surface area contributed by atoms with E-state index in [1.54, 1.807) is 0 Å². The van der Waals surface area contributed by atoms with Crippen LogP contribution in [0.15, 0.2) is 42.5 Å². The van der Waals surface area contributed by atoms with Gasteiger partial charge in [-0.15, -0.1) is 0 Å². The van der Waals surface area contributed by atoms with Gasteiger partial charge in [0.2, 0.25) is 5.91 Å². The Morgan fingerprint density at radius 3 is 2.74 bits per heavy atom. The number of aliphatic hydroxyl groups is 1. The van der Waals surface area contributed by atoms with Gasteiger partial charge >= 0.3 is 0 Å². The number of nitrogens with one attached hydrogen (secondary N) is 1. The lowest BCUT2D eigenvalue weighted by Gasteiger charge is -2.10. The molecule has 0 radical (unpaired) electrons. The maximum atomic E-state index is 11.4. The van der Waals surface area contributed by atoms with E-state index in [1.165, 1.54) is 16.3 Å². The van der Waals surface area contributed by atoms with Gasteiger partial charge in [-0.25, -0.2) is 0 Å². The summed E-state index contributed by atoms with van der Waals surface area (Å²) < 4.78 is 0. The van der Waals surface area contributed by atoms with Crippen LogP contribution in [0.3, 0.4) is 0 Å². The smallest absolute Gasteiger partial charge is 0.239 e. The number of nitrogens with two attached hydrogens (primary N) is 1. The Hall–Kier alpha value is -1.91. The minimum Gasteiger partial charge on any atom is -0.394 e. The molecular weight excluding hydrogens is 240 g/mol. The van der Waals surface area contributed by atoms with Gasteiger partial charge in [0, 0.05) is 6.54 Å². The van der Waals surface area contributed by atoms with Crippen molar-refractivity contribution in [3.63, 3.8) is 0 Å². The molecule has 4 N–H and O–H groups in total. The molecule has 2 aromatic carbocycles. The molecule has 0 aliphatic carbocycles. The van der Waals surface area contributed by atoms with Gasteiger partial charge in [0.05, 0.1) is 6.61 Å². The van der Waals surface area contributed by atoms with Crippen molar-refractivity contribution >= 4 is 16.7 Å². The normalized spacial score (nSPS) is 12.3. The van der Waals surface area contributed by atoms with Crippen molar-refractivity contribution in [2.24, 2.45) is 5.73 Å². The summed E-state index contributed by atoms with van der Waals surface area (Å²) in [5, 5.41) is 13.9. The molecule has 19 heavy (non-hydrogen) atoms. The number of rotatable bonds is 5. The van der Waals surface area contributed by atoms with E-state index in [-0.39, 0.29) is 12.5 Å². The molecule has 0 aliphatic rings. The highest BCUT2D eigenvalue weighted by Crippen LogP contribution is 2.18. The van der Waals surface area contributed by atoms with Crippen LogP contribution in [-0.2, 0) is 11.2 Å². The number of hydrogen-bond acceptors (Lipinski definition) is 3. The zero-order valence-electron chi connectivity index (χ0n) is 10.7. The minimum atomic E-state index is -0.840. The van der Waals surface area contributed by atoms with Gasteiger partial charge in [-0.2, -0.15) is 0 Å². The summed E-state index contributed by atoms with van der Waals surface area (Å²) in [6.45, 7) is 0.181. The second-order valence-corrected chi connectivity index (χ2v) is 4.47. The fourth-order valence-electron chi connectivity index (χ4n) is 2.04. The van der Waals surface area contributed by atoms with E-state index in [1.807, 2.05) is 18.2 Å². The third-order valence-corrected chi connectivity index (χ3v) is 3.11. The Bertz CT molecular complexity index is 564. The van der Waals surface area contributed by atoms with E-state index in [2.05, 4.69) is 29.6 Å². The molecule has 0 heterocycles. The molecule has 1 amide bonds. The summed E-state index contributed by atoms with van der Waals surface area (Å²) in [5.41, 5.74) is 6.62. The topological polar surface area (TPSA) is 75.3 Å². The first-order valence-electron chi connectivity index (χ1n) is 6.33. The molecule has 1 unspecified atom stereocenters. The molecule has 0 spiro atoms. The average molecular weight is 258 g/mol. The second-order valence-electron chi connectivity index (χ2n) is 4.47. The van der Waals surface area contributed by atoms with Crippen LogP contribution in [0, 0.1) is 0 Å². The van der Waals surface area contributed by atoms with Crippen LogP contribution in [-0.4, -0.2) is 30.2 Å². The van der Waals surface area contributed by atoms with Gasteiger partial charge in [0.1, 0.15) is 6.04 Å². The number of fused-ring (bicyclic) bond motifs is 1. The number of aliphatic hydroxyl groups excluding tert-OH is 1. The number of hydrogen-bond donors (Lipinski definition) is 3. The molecule has 4 heteroatoms.